The summed E-state index contributed by atoms with van der Waals surface area (Å²) in [6.45, 7) is 8.90. The zero-order chi connectivity index (χ0) is 20.8. The van der Waals surface area contributed by atoms with Gasteiger partial charge in [-0.25, -0.2) is 0 Å². The highest BCUT2D eigenvalue weighted by Crippen LogP contribution is 2.44. The van der Waals surface area contributed by atoms with E-state index < -0.39 is 0 Å². The number of nitrogens with zero attached hydrogens (tertiary/aromatic N) is 1. The van der Waals surface area contributed by atoms with Gasteiger partial charge in [0.25, 0.3) is 0 Å². The van der Waals surface area contributed by atoms with Crippen LogP contribution >= 0.6 is 0 Å². The Morgan fingerprint density at radius 3 is 2.07 bits per heavy atom. The predicted molar refractivity (Wildman–Crippen MR) is 126 cm³/mol. The Balaban J connectivity index is 1.63. The van der Waals surface area contributed by atoms with Crippen LogP contribution in [0.4, 0.5) is 0 Å². The third kappa shape index (κ3) is 3.15. The fourth-order valence-corrected chi connectivity index (χ4v) is 4.70. The van der Waals surface area contributed by atoms with Crippen molar-refractivity contribution in [2.45, 2.75) is 40.0 Å². The van der Waals surface area contributed by atoms with Crippen molar-refractivity contribution in [1.82, 2.24) is 4.98 Å². The van der Waals surface area contributed by atoms with Crippen molar-refractivity contribution < 1.29 is 0 Å². The molecule has 3 aromatic carbocycles. The molecule has 0 saturated carbocycles. The van der Waals surface area contributed by atoms with E-state index in [1.54, 1.807) is 0 Å². The molecule has 0 aliphatic heterocycles. The number of benzene rings is 3. The van der Waals surface area contributed by atoms with E-state index >= 15 is 0 Å². The van der Waals surface area contributed by atoms with Crippen LogP contribution in [-0.2, 0) is 6.42 Å². The zero-order valence-electron chi connectivity index (χ0n) is 18.2. The summed E-state index contributed by atoms with van der Waals surface area (Å²) < 4.78 is 0. The lowest BCUT2D eigenvalue weighted by atomic mass is 9.74. The topological polar surface area (TPSA) is 12.9 Å². The van der Waals surface area contributed by atoms with Gasteiger partial charge in [-0.05, 0) is 96.3 Å². The molecule has 1 aromatic heterocycles. The fourth-order valence-electron chi connectivity index (χ4n) is 4.70. The minimum absolute atomic E-state index is 0.381. The number of rotatable bonds is 2. The molecule has 1 heteroatoms. The van der Waals surface area contributed by atoms with Gasteiger partial charge in [-0.15, -0.1) is 0 Å². The lowest BCUT2D eigenvalue weighted by molar-refractivity contribution is 0.790. The average Bonchev–Trinajstić information content (AvgIpc) is 2.76. The zero-order valence-corrected chi connectivity index (χ0v) is 18.2. The van der Waals surface area contributed by atoms with Gasteiger partial charge >= 0.3 is 0 Å². The molecule has 1 aliphatic rings. The minimum atomic E-state index is 0.381. The SMILES string of the molecule is Cc1cc2c(cc1C)-c1cc(C)c(C)cc1C(c1ccc(-c3ccccn3)cc1)C2. The van der Waals surface area contributed by atoms with Crippen LogP contribution in [0, 0.1) is 27.7 Å². The molecule has 0 N–H and O–H groups in total. The van der Waals surface area contributed by atoms with Gasteiger partial charge in [0.15, 0.2) is 0 Å². The maximum absolute atomic E-state index is 4.50. The van der Waals surface area contributed by atoms with Gasteiger partial charge < -0.3 is 0 Å². The quantitative estimate of drug-likeness (QED) is 0.349. The normalized spacial score (nSPS) is 14.9. The number of fused-ring (bicyclic) bond motifs is 3. The van der Waals surface area contributed by atoms with Crippen LogP contribution in [0.15, 0.2) is 72.9 Å². The van der Waals surface area contributed by atoms with Crippen LogP contribution < -0.4 is 0 Å². The molecule has 0 radical (unpaired) electrons. The molecule has 1 nitrogen and oxygen atoms in total. The number of hydrogen-bond acceptors (Lipinski definition) is 1. The van der Waals surface area contributed by atoms with Gasteiger partial charge in [0.2, 0.25) is 0 Å². The van der Waals surface area contributed by atoms with Gasteiger partial charge in [0, 0.05) is 17.7 Å². The predicted octanol–water partition coefficient (Wildman–Crippen LogP) is 7.34. The Hall–Kier alpha value is -3.19. The first kappa shape index (κ1) is 18.8. The summed E-state index contributed by atoms with van der Waals surface area (Å²) in [6.07, 6.45) is 2.90. The average molecular weight is 390 g/mol. The highest BCUT2D eigenvalue weighted by molar-refractivity contribution is 5.77. The Kier molecular flexibility index (Phi) is 4.55. The van der Waals surface area contributed by atoms with E-state index in [4.69, 9.17) is 0 Å². The van der Waals surface area contributed by atoms with Crippen molar-refractivity contribution in [2.75, 3.05) is 0 Å². The summed E-state index contributed by atoms with van der Waals surface area (Å²) in [5.41, 5.74) is 14.8. The Morgan fingerprint density at radius 2 is 1.37 bits per heavy atom. The summed E-state index contributed by atoms with van der Waals surface area (Å²) in [6, 6.07) is 24.7. The second-order valence-corrected chi connectivity index (χ2v) is 8.71. The van der Waals surface area contributed by atoms with Crippen LogP contribution in [-0.4, -0.2) is 4.98 Å². The van der Waals surface area contributed by atoms with Gasteiger partial charge in [-0.1, -0.05) is 54.6 Å². The molecule has 1 aliphatic carbocycles. The first-order valence-electron chi connectivity index (χ1n) is 10.7. The summed E-state index contributed by atoms with van der Waals surface area (Å²) in [5.74, 6) is 0.381. The van der Waals surface area contributed by atoms with E-state index in [-0.39, 0.29) is 0 Å². The van der Waals surface area contributed by atoms with Gasteiger partial charge in [0.1, 0.15) is 0 Å². The van der Waals surface area contributed by atoms with Crippen molar-refractivity contribution in [3.8, 4) is 22.4 Å². The molecule has 148 valence electrons. The fraction of sp³-hybridized carbons (Fsp3) is 0.207. The second-order valence-electron chi connectivity index (χ2n) is 8.71. The van der Waals surface area contributed by atoms with Gasteiger partial charge in [-0.2, -0.15) is 0 Å². The van der Waals surface area contributed by atoms with Crippen molar-refractivity contribution >= 4 is 0 Å². The maximum atomic E-state index is 4.50. The molecule has 0 fully saturated rings. The largest absolute Gasteiger partial charge is 0.256 e. The molecule has 4 aromatic rings. The lowest BCUT2D eigenvalue weighted by Gasteiger charge is -2.30. The van der Waals surface area contributed by atoms with E-state index in [1.165, 1.54) is 55.6 Å². The minimum Gasteiger partial charge on any atom is -0.256 e. The standard InChI is InChI=1S/C29H27N/c1-18-13-24-17-26(22-8-10-23(11-9-22)29-7-5-6-12-30-29)28-16-21(4)20(3)15-27(28)25(24)14-19(18)2/h5-16,26H,17H2,1-4H3. The number of aryl methyl sites for hydroxylation is 4. The first-order valence-corrected chi connectivity index (χ1v) is 10.7. The van der Waals surface area contributed by atoms with Gasteiger partial charge in [-0.3, -0.25) is 4.98 Å². The lowest BCUT2D eigenvalue weighted by Crippen LogP contribution is -2.14. The molecular formula is C29H27N. The molecule has 5 rings (SSSR count). The van der Waals surface area contributed by atoms with Crippen LogP contribution in [0.3, 0.4) is 0 Å². The van der Waals surface area contributed by atoms with Crippen LogP contribution in [0.1, 0.15) is 44.9 Å². The van der Waals surface area contributed by atoms with Crippen molar-refractivity contribution in [3.63, 3.8) is 0 Å². The molecule has 0 saturated heterocycles. The number of aromatic nitrogens is 1. The third-order valence-corrected chi connectivity index (χ3v) is 6.75. The number of hydrogen-bond donors (Lipinski definition) is 0. The molecule has 30 heavy (non-hydrogen) atoms. The van der Waals surface area contributed by atoms with Crippen LogP contribution in [0.5, 0.6) is 0 Å². The smallest absolute Gasteiger partial charge is 0.0701 e. The van der Waals surface area contributed by atoms with E-state index in [9.17, 15) is 0 Å². The summed E-state index contributed by atoms with van der Waals surface area (Å²) in [4.78, 5) is 4.50. The molecule has 1 atom stereocenters. The van der Waals surface area contributed by atoms with E-state index in [0.29, 0.717) is 5.92 Å². The maximum Gasteiger partial charge on any atom is 0.0701 e. The highest BCUT2D eigenvalue weighted by Gasteiger charge is 2.27. The Bertz CT molecular complexity index is 1230. The summed E-state index contributed by atoms with van der Waals surface area (Å²) >= 11 is 0. The van der Waals surface area contributed by atoms with Gasteiger partial charge in [0.05, 0.1) is 5.69 Å². The Morgan fingerprint density at radius 1 is 0.700 bits per heavy atom. The first-order chi connectivity index (χ1) is 14.5. The molecule has 1 heterocycles. The monoisotopic (exact) mass is 389 g/mol. The molecule has 0 amide bonds. The van der Waals surface area contributed by atoms with E-state index in [1.807, 2.05) is 18.3 Å². The summed E-state index contributed by atoms with van der Waals surface area (Å²) in [5, 5.41) is 0. The summed E-state index contributed by atoms with van der Waals surface area (Å²) in [7, 11) is 0. The van der Waals surface area contributed by atoms with E-state index in [2.05, 4.69) is 87.3 Å². The second kappa shape index (κ2) is 7.25. The highest BCUT2D eigenvalue weighted by atomic mass is 14.7. The van der Waals surface area contributed by atoms with Crippen LogP contribution in [0.2, 0.25) is 0 Å². The Labute approximate surface area is 179 Å². The molecule has 0 spiro atoms. The number of pyridine rings is 1. The third-order valence-electron chi connectivity index (χ3n) is 6.75. The van der Waals surface area contributed by atoms with Crippen molar-refractivity contribution in [2.24, 2.45) is 0 Å². The van der Waals surface area contributed by atoms with Crippen molar-refractivity contribution in [3.05, 3.63) is 112 Å². The molecular weight excluding hydrogens is 362 g/mol. The molecule has 0 bridgehead atoms. The van der Waals surface area contributed by atoms with Crippen LogP contribution in [0.25, 0.3) is 22.4 Å². The molecule has 1 unspecified atom stereocenters. The van der Waals surface area contributed by atoms with Crippen molar-refractivity contribution in [1.29, 1.82) is 0 Å². The van der Waals surface area contributed by atoms with E-state index in [0.717, 1.165) is 12.1 Å².